The molecular weight excluding hydrogens is 226 g/mol. The Kier molecular flexibility index (Phi) is 4.41. The second-order valence-corrected chi connectivity index (χ2v) is 4.43. The second kappa shape index (κ2) is 6.26. The summed E-state index contributed by atoms with van der Waals surface area (Å²) in [6.07, 6.45) is 2.40. The molecule has 1 aromatic heterocycles. The van der Waals surface area contributed by atoms with Gasteiger partial charge in [0.05, 0.1) is 12.2 Å². The monoisotopic (exact) mass is 245 g/mol. The highest BCUT2D eigenvalue weighted by molar-refractivity contribution is 5.30. The van der Waals surface area contributed by atoms with Crippen LogP contribution in [0.4, 0.5) is 0 Å². The van der Waals surface area contributed by atoms with Crippen molar-refractivity contribution in [3.63, 3.8) is 0 Å². The first kappa shape index (κ1) is 12.7. The van der Waals surface area contributed by atoms with Gasteiger partial charge in [-0.25, -0.2) is 0 Å². The first-order valence-corrected chi connectivity index (χ1v) is 6.32. The van der Waals surface area contributed by atoms with E-state index in [1.807, 2.05) is 30.3 Å². The van der Waals surface area contributed by atoms with Crippen LogP contribution in [0.25, 0.3) is 5.69 Å². The average Bonchev–Trinajstić information content (AvgIpc) is 2.85. The van der Waals surface area contributed by atoms with E-state index in [0.29, 0.717) is 0 Å². The van der Waals surface area contributed by atoms with E-state index in [-0.39, 0.29) is 0 Å². The third-order valence-electron chi connectivity index (χ3n) is 2.84. The van der Waals surface area contributed by atoms with Gasteiger partial charge in [0, 0.05) is 0 Å². The zero-order valence-corrected chi connectivity index (χ0v) is 11.0. The lowest BCUT2D eigenvalue weighted by Gasteiger charge is -2.15. The molecule has 2 aromatic rings. The van der Waals surface area contributed by atoms with Crippen LogP contribution in [0.15, 0.2) is 30.3 Å². The summed E-state index contributed by atoms with van der Waals surface area (Å²) in [5, 5.41) is 11.9. The van der Waals surface area contributed by atoms with E-state index >= 15 is 0 Å². The Labute approximate surface area is 107 Å². The molecule has 96 valence electrons. The molecule has 0 saturated carbocycles. The van der Waals surface area contributed by atoms with Crippen molar-refractivity contribution in [3.05, 3.63) is 36.2 Å². The van der Waals surface area contributed by atoms with Crippen LogP contribution in [0.1, 0.15) is 25.6 Å². The molecule has 2 rings (SSSR count). The van der Waals surface area contributed by atoms with Crippen molar-refractivity contribution in [2.45, 2.75) is 26.3 Å². The molecule has 0 aliphatic carbocycles. The summed E-state index contributed by atoms with van der Waals surface area (Å²) in [6.45, 7) is 4.03. The molecule has 0 saturated heterocycles. The molecule has 0 spiro atoms. The summed E-state index contributed by atoms with van der Waals surface area (Å²) < 4.78 is 1.79. The van der Waals surface area contributed by atoms with Gasteiger partial charge in [0.25, 0.3) is 0 Å². The molecule has 0 fully saturated rings. The van der Waals surface area contributed by atoms with Crippen molar-refractivity contribution in [1.29, 1.82) is 0 Å². The summed E-state index contributed by atoms with van der Waals surface area (Å²) in [6, 6.07) is 9.97. The Hall–Kier alpha value is -1.75. The van der Waals surface area contributed by atoms with Gasteiger partial charge >= 0.3 is 0 Å². The van der Waals surface area contributed by atoms with Gasteiger partial charge in [0.2, 0.25) is 0 Å². The normalized spacial score (nSPS) is 11.1. The fourth-order valence-electron chi connectivity index (χ4n) is 1.82. The molecule has 0 aliphatic heterocycles. The zero-order valence-electron chi connectivity index (χ0n) is 11.0. The van der Waals surface area contributed by atoms with E-state index in [9.17, 15) is 0 Å². The summed E-state index contributed by atoms with van der Waals surface area (Å²) in [4.78, 5) is 2.24. The molecule has 1 aromatic carbocycles. The molecule has 5 heteroatoms. The van der Waals surface area contributed by atoms with E-state index in [4.69, 9.17) is 0 Å². The lowest BCUT2D eigenvalue weighted by atomic mass is 10.3. The fourth-order valence-corrected chi connectivity index (χ4v) is 1.82. The molecule has 18 heavy (non-hydrogen) atoms. The smallest absolute Gasteiger partial charge is 0.170 e. The number of hydrogen-bond donors (Lipinski definition) is 0. The van der Waals surface area contributed by atoms with Gasteiger partial charge in [-0.1, -0.05) is 31.5 Å². The Morgan fingerprint density at radius 2 is 2.00 bits per heavy atom. The molecule has 0 aliphatic rings. The van der Waals surface area contributed by atoms with Gasteiger partial charge in [-0.3, -0.25) is 4.90 Å². The Balaban J connectivity index is 2.09. The van der Waals surface area contributed by atoms with Crippen molar-refractivity contribution in [2.75, 3.05) is 13.6 Å². The Morgan fingerprint density at radius 3 is 2.72 bits per heavy atom. The number of para-hydroxylation sites is 1. The van der Waals surface area contributed by atoms with Crippen LogP contribution in [-0.2, 0) is 6.54 Å². The van der Waals surface area contributed by atoms with Crippen molar-refractivity contribution in [3.8, 4) is 5.69 Å². The summed E-state index contributed by atoms with van der Waals surface area (Å²) >= 11 is 0. The zero-order chi connectivity index (χ0) is 12.8. The number of aromatic nitrogens is 4. The maximum absolute atomic E-state index is 4.10. The SMILES string of the molecule is CCCCN(C)Cc1nnnn1-c1ccccc1. The number of rotatable bonds is 6. The largest absolute Gasteiger partial charge is 0.299 e. The number of hydrogen-bond acceptors (Lipinski definition) is 4. The molecule has 0 radical (unpaired) electrons. The molecule has 0 unspecified atom stereocenters. The second-order valence-electron chi connectivity index (χ2n) is 4.43. The molecule has 5 nitrogen and oxygen atoms in total. The van der Waals surface area contributed by atoms with E-state index in [0.717, 1.165) is 24.6 Å². The predicted octanol–water partition coefficient (Wildman–Crippen LogP) is 1.89. The summed E-state index contributed by atoms with van der Waals surface area (Å²) in [5.41, 5.74) is 1.00. The minimum atomic E-state index is 0.766. The van der Waals surface area contributed by atoms with Crippen molar-refractivity contribution < 1.29 is 0 Å². The van der Waals surface area contributed by atoms with Gasteiger partial charge in [-0.05, 0) is 42.6 Å². The van der Waals surface area contributed by atoms with Gasteiger partial charge < -0.3 is 0 Å². The van der Waals surface area contributed by atoms with Crippen LogP contribution in [0.3, 0.4) is 0 Å². The predicted molar refractivity (Wildman–Crippen MR) is 70.4 cm³/mol. The van der Waals surface area contributed by atoms with Crippen LogP contribution >= 0.6 is 0 Å². The standard InChI is InChI=1S/C13H19N5/c1-3-4-10-17(2)11-13-14-15-16-18(13)12-8-6-5-7-9-12/h5-9H,3-4,10-11H2,1-2H3. The van der Waals surface area contributed by atoms with Crippen molar-refractivity contribution in [2.24, 2.45) is 0 Å². The van der Waals surface area contributed by atoms with Crippen LogP contribution < -0.4 is 0 Å². The van der Waals surface area contributed by atoms with Gasteiger partial charge in [-0.15, -0.1) is 5.10 Å². The highest BCUT2D eigenvalue weighted by Crippen LogP contribution is 2.08. The number of nitrogens with zero attached hydrogens (tertiary/aromatic N) is 5. The van der Waals surface area contributed by atoms with E-state index < -0.39 is 0 Å². The lowest BCUT2D eigenvalue weighted by molar-refractivity contribution is 0.310. The fraction of sp³-hybridized carbons (Fsp3) is 0.462. The quantitative estimate of drug-likeness (QED) is 0.779. The first-order chi connectivity index (χ1) is 8.81. The average molecular weight is 245 g/mol. The summed E-state index contributed by atoms with van der Waals surface area (Å²) in [5.74, 6) is 0.875. The van der Waals surface area contributed by atoms with Crippen LogP contribution in [0, 0.1) is 0 Å². The molecule has 0 bridgehead atoms. The molecule has 0 N–H and O–H groups in total. The maximum Gasteiger partial charge on any atom is 0.170 e. The first-order valence-electron chi connectivity index (χ1n) is 6.32. The lowest BCUT2D eigenvalue weighted by Crippen LogP contribution is -2.21. The Bertz CT molecular complexity index is 465. The minimum absolute atomic E-state index is 0.766. The molecule has 0 atom stereocenters. The minimum Gasteiger partial charge on any atom is -0.299 e. The highest BCUT2D eigenvalue weighted by atomic mass is 15.5. The van der Waals surface area contributed by atoms with Crippen LogP contribution in [0.5, 0.6) is 0 Å². The van der Waals surface area contributed by atoms with Crippen molar-refractivity contribution in [1.82, 2.24) is 25.1 Å². The van der Waals surface area contributed by atoms with E-state index in [1.54, 1.807) is 4.68 Å². The number of benzene rings is 1. The third kappa shape index (κ3) is 3.13. The summed E-state index contributed by atoms with van der Waals surface area (Å²) in [7, 11) is 2.10. The molecular formula is C13H19N5. The maximum atomic E-state index is 4.10. The van der Waals surface area contributed by atoms with Gasteiger partial charge in [0.1, 0.15) is 0 Å². The molecule has 1 heterocycles. The van der Waals surface area contributed by atoms with E-state index in [1.165, 1.54) is 12.8 Å². The number of unbranched alkanes of at least 4 members (excludes halogenated alkanes) is 1. The number of tetrazole rings is 1. The van der Waals surface area contributed by atoms with Crippen LogP contribution in [-0.4, -0.2) is 38.7 Å². The third-order valence-corrected chi connectivity index (χ3v) is 2.84. The van der Waals surface area contributed by atoms with E-state index in [2.05, 4.69) is 34.4 Å². The van der Waals surface area contributed by atoms with Gasteiger partial charge in [-0.2, -0.15) is 4.68 Å². The topological polar surface area (TPSA) is 46.8 Å². The van der Waals surface area contributed by atoms with Crippen LogP contribution in [0.2, 0.25) is 0 Å². The molecule has 0 amide bonds. The van der Waals surface area contributed by atoms with Gasteiger partial charge in [0.15, 0.2) is 5.82 Å². The Morgan fingerprint density at radius 1 is 1.22 bits per heavy atom. The van der Waals surface area contributed by atoms with Crippen molar-refractivity contribution >= 4 is 0 Å². The highest BCUT2D eigenvalue weighted by Gasteiger charge is 2.10.